The second-order valence-corrected chi connectivity index (χ2v) is 11.4. The first-order valence-electron chi connectivity index (χ1n) is 12.1. The van der Waals surface area contributed by atoms with Crippen molar-refractivity contribution in [3.8, 4) is 0 Å². The van der Waals surface area contributed by atoms with Crippen molar-refractivity contribution in [3.05, 3.63) is 70.3 Å². The van der Waals surface area contributed by atoms with Crippen LogP contribution in [0.1, 0.15) is 71.1 Å². The number of amides is 1. The number of primary amides is 1. The third-order valence-electron chi connectivity index (χ3n) is 9.00. The molecule has 0 aromatic heterocycles. The number of carbonyl (C=O) groups excluding carboxylic acids is 1. The molecular formula is C28H35BrClNO2. The Bertz CT molecular complexity index is 1030. The highest BCUT2D eigenvalue weighted by Crippen LogP contribution is 2.62. The van der Waals surface area contributed by atoms with Gasteiger partial charge in [0.1, 0.15) is 0 Å². The second kappa shape index (κ2) is 9.71. The molecular weight excluding hydrogens is 498 g/mol. The molecule has 2 aromatic carbocycles. The van der Waals surface area contributed by atoms with Gasteiger partial charge in [-0.3, -0.25) is 4.79 Å². The topological polar surface area (TPSA) is 63.3 Å². The van der Waals surface area contributed by atoms with E-state index < -0.39 is 0 Å². The molecule has 3 aliphatic carbocycles. The molecule has 178 valence electrons. The van der Waals surface area contributed by atoms with Crippen molar-refractivity contribution in [2.24, 2.45) is 28.9 Å². The van der Waals surface area contributed by atoms with Gasteiger partial charge in [-0.05, 0) is 108 Å². The summed E-state index contributed by atoms with van der Waals surface area (Å²) in [7, 11) is 0. The van der Waals surface area contributed by atoms with Gasteiger partial charge in [-0.25, -0.2) is 0 Å². The number of nitrogens with two attached hydrogens (primary N) is 1. The molecule has 2 fully saturated rings. The lowest BCUT2D eigenvalue weighted by Crippen LogP contribution is -2.44. The van der Waals surface area contributed by atoms with Crippen LogP contribution in [0.4, 0.5) is 0 Å². The van der Waals surface area contributed by atoms with Crippen molar-refractivity contribution in [3.63, 3.8) is 0 Å². The van der Waals surface area contributed by atoms with Gasteiger partial charge in [0, 0.05) is 10.9 Å². The summed E-state index contributed by atoms with van der Waals surface area (Å²) in [5.74, 6) is 1.73. The SMILES string of the molecule is C[C@]12CC[C@@H]3c4ccc(CCBr)cc4CC[C@H]3[C@@H]1C[C@H](Cc1cccc(C(N)=O)c1)[C@@H]2O.Cl. The summed E-state index contributed by atoms with van der Waals surface area (Å²) in [6.07, 6.45) is 7.40. The smallest absolute Gasteiger partial charge is 0.248 e. The zero-order valence-electron chi connectivity index (χ0n) is 19.3. The standard InChI is InChI=1S/C28H34BrNO2.ClH/c1-28-11-9-23-22-7-5-17(10-12-29)13-19(22)6-8-24(23)25(28)16-21(26(28)31)15-18-3-2-4-20(14-18)27(30)32;/h2-5,7,13-14,21,23-26,31H,6,8-12,15-16H2,1H3,(H2,30,32);1H/t21-,23+,24+,25-,26-,28-;/m0./s1. The summed E-state index contributed by atoms with van der Waals surface area (Å²) in [6, 6.07) is 14.8. The fourth-order valence-corrected chi connectivity index (χ4v) is 7.86. The van der Waals surface area contributed by atoms with E-state index in [4.69, 9.17) is 5.73 Å². The summed E-state index contributed by atoms with van der Waals surface area (Å²) in [5, 5.41) is 12.5. The van der Waals surface area contributed by atoms with E-state index >= 15 is 0 Å². The molecule has 3 N–H and O–H groups in total. The van der Waals surface area contributed by atoms with Crippen molar-refractivity contribution in [2.45, 2.75) is 63.9 Å². The fraction of sp³-hybridized carbons (Fsp3) is 0.536. The van der Waals surface area contributed by atoms with Crippen LogP contribution in [0.5, 0.6) is 0 Å². The average molecular weight is 533 g/mol. The molecule has 0 radical (unpaired) electrons. The van der Waals surface area contributed by atoms with Crippen molar-refractivity contribution in [1.82, 2.24) is 0 Å². The fourth-order valence-electron chi connectivity index (χ4n) is 7.40. The van der Waals surface area contributed by atoms with E-state index in [2.05, 4.69) is 47.1 Å². The van der Waals surface area contributed by atoms with Crippen molar-refractivity contribution in [1.29, 1.82) is 0 Å². The van der Waals surface area contributed by atoms with Crippen LogP contribution in [0.3, 0.4) is 0 Å². The third-order valence-corrected chi connectivity index (χ3v) is 9.40. The van der Waals surface area contributed by atoms with Crippen LogP contribution in [0.25, 0.3) is 0 Å². The zero-order valence-corrected chi connectivity index (χ0v) is 21.7. The predicted octanol–water partition coefficient (Wildman–Crippen LogP) is 5.83. The van der Waals surface area contributed by atoms with Gasteiger partial charge in [-0.2, -0.15) is 0 Å². The van der Waals surface area contributed by atoms with Gasteiger partial charge in [-0.15, -0.1) is 12.4 Å². The summed E-state index contributed by atoms with van der Waals surface area (Å²) in [5.41, 5.74) is 11.7. The maximum absolute atomic E-state index is 11.6. The van der Waals surface area contributed by atoms with E-state index in [0.29, 0.717) is 23.3 Å². The first kappa shape index (κ1) is 24.8. The number of carbonyl (C=O) groups is 1. The Labute approximate surface area is 212 Å². The number of benzene rings is 2. The minimum atomic E-state index is -0.387. The Morgan fingerprint density at radius 2 is 2.00 bits per heavy atom. The molecule has 0 heterocycles. The lowest BCUT2D eigenvalue weighted by atomic mass is 9.55. The van der Waals surface area contributed by atoms with Gasteiger partial charge >= 0.3 is 0 Å². The maximum Gasteiger partial charge on any atom is 0.248 e. The lowest BCUT2D eigenvalue weighted by Gasteiger charge is -2.50. The van der Waals surface area contributed by atoms with E-state index in [0.717, 1.165) is 36.6 Å². The number of alkyl halides is 1. The van der Waals surface area contributed by atoms with E-state index in [1.165, 1.54) is 24.8 Å². The number of halogens is 2. The minimum absolute atomic E-state index is 0. The molecule has 0 saturated heterocycles. The van der Waals surface area contributed by atoms with E-state index in [1.54, 1.807) is 17.2 Å². The Morgan fingerprint density at radius 1 is 1.18 bits per heavy atom. The van der Waals surface area contributed by atoms with E-state index in [9.17, 15) is 9.90 Å². The Balaban J connectivity index is 0.00000259. The quantitative estimate of drug-likeness (QED) is 0.476. The molecule has 5 heteroatoms. The van der Waals surface area contributed by atoms with Crippen LogP contribution in [0.2, 0.25) is 0 Å². The molecule has 0 aliphatic heterocycles. The monoisotopic (exact) mass is 531 g/mol. The normalized spacial score (nSPS) is 32.3. The van der Waals surface area contributed by atoms with Gasteiger partial charge in [0.25, 0.3) is 0 Å². The summed E-state index contributed by atoms with van der Waals surface area (Å²) in [4.78, 5) is 11.6. The number of aliphatic hydroxyl groups excluding tert-OH is 1. The molecule has 5 rings (SSSR count). The first-order valence-corrected chi connectivity index (χ1v) is 13.3. The zero-order chi connectivity index (χ0) is 22.5. The van der Waals surface area contributed by atoms with Crippen molar-refractivity contribution >= 4 is 34.2 Å². The van der Waals surface area contributed by atoms with E-state index in [-0.39, 0.29) is 35.8 Å². The minimum Gasteiger partial charge on any atom is -0.392 e. The Morgan fingerprint density at radius 3 is 2.76 bits per heavy atom. The molecule has 2 aromatic rings. The van der Waals surface area contributed by atoms with Crippen LogP contribution in [0, 0.1) is 23.2 Å². The average Bonchev–Trinajstić information content (AvgIpc) is 3.04. The van der Waals surface area contributed by atoms with Crippen LogP contribution in [0.15, 0.2) is 42.5 Å². The van der Waals surface area contributed by atoms with Gasteiger partial charge in [-0.1, -0.05) is 53.2 Å². The maximum atomic E-state index is 11.6. The molecule has 3 aliphatic rings. The summed E-state index contributed by atoms with van der Waals surface area (Å²) >= 11 is 3.57. The highest BCUT2D eigenvalue weighted by Gasteiger charge is 2.57. The third kappa shape index (κ3) is 4.39. The Hall–Kier alpha value is -1.36. The van der Waals surface area contributed by atoms with Gasteiger partial charge < -0.3 is 10.8 Å². The second-order valence-electron chi connectivity index (χ2n) is 10.6. The lowest BCUT2D eigenvalue weighted by molar-refractivity contribution is -0.0325. The van der Waals surface area contributed by atoms with Crippen LogP contribution in [-0.2, 0) is 19.3 Å². The van der Waals surface area contributed by atoms with Crippen LogP contribution < -0.4 is 5.73 Å². The number of rotatable bonds is 5. The molecule has 6 atom stereocenters. The number of hydrogen-bond donors (Lipinski definition) is 2. The number of aryl methyl sites for hydroxylation is 2. The molecule has 33 heavy (non-hydrogen) atoms. The number of hydrogen-bond acceptors (Lipinski definition) is 2. The molecule has 0 bridgehead atoms. The van der Waals surface area contributed by atoms with Crippen molar-refractivity contribution in [2.75, 3.05) is 5.33 Å². The van der Waals surface area contributed by atoms with Crippen molar-refractivity contribution < 1.29 is 9.90 Å². The van der Waals surface area contributed by atoms with E-state index in [1.807, 2.05) is 12.1 Å². The molecule has 0 spiro atoms. The highest BCUT2D eigenvalue weighted by atomic mass is 79.9. The predicted molar refractivity (Wildman–Crippen MR) is 139 cm³/mol. The first-order chi connectivity index (χ1) is 15.4. The summed E-state index contributed by atoms with van der Waals surface area (Å²) < 4.78 is 0. The molecule has 0 unspecified atom stereocenters. The van der Waals surface area contributed by atoms with Crippen LogP contribution in [-0.4, -0.2) is 22.4 Å². The highest BCUT2D eigenvalue weighted by molar-refractivity contribution is 9.09. The van der Waals surface area contributed by atoms with Gasteiger partial charge in [0.05, 0.1) is 6.10 Å². The molecule has 2 saturated carbocycles. The number of aliphatic hydroxyl groups is 1. The van der Waals surface area contributed by atoms with Crippen LogP contribution >= 0.6 is 28.3 Å². The van der Waals surface area contributed by atoms with Gasteiger partial charge in [0.2, 0.25) is 5.91 Å². The number of fused-ring (bicyclic) bond motifs is 5. The molecule has 3 nitrogen and oxygen atoms in total. The Kier molecular flexibility index (Phi) is 7.29. The largest absolute Gasteiger partial charge is 0.392 e. The summed E-state index contributed by atoms with van der Waals surface area (Å²) in [6.45, 7) is 2.34. The van der Waals surface area contributed by atoms with Gasteiger partial charge in [0.15, 0.2) is 0 Å². The molecule has 1 amide bonds.